The quantitative estimate of drug-likeness (QED) is 0.792. The second kappa shape index (κ2) is 4.55. The zero-order chi connectivity index (χ0) is 17.3. The average Bonchev–Trinajstić information content (AvgIpc) is 2.82. The average molecular weight is 328 g/mol. The number of fused-ring (bicyclic) bond motifs is 3. The van der Waals surface area contributed by atoms with Crippen LogP contribution in [0.25, 0.3) is 5.70 Å². The number of nitrogens with one attached hydrogen (secondary N) is 1. The van der Waals surface area contributed by atoms with Crippen molar-refractivity contribution in [3.63, 3.8) is 0 Å². The summed E-state index contributed by atoms with van der Waals surface area (Å²) in [6, 6.07) is 0. The number of hydrogen-bond acceptors (Lipinski definition) is 5. The lowest BCUT2D eigenvalue weighted by molar-refractivity contribution is -0.125. The molecule has 2 heterocycles. The van der Waals surface area contributed by atoms with Crippen LogP contribution in [0.3, 0.4) is 0 Å². The Bertz CT molecular complexity index is 787. The molecule has 24 heavy (non-hydrogen) atoms. The Morgan fingerprint density at radius 3 is 2.50 bits per heavy atom. The predicted molar refractivity (Wildman–Crippen MR) is 90.3 cm³/mol. The van der Waals surface area contributed by atoms with E-state index in [1.54, 1.807) is 4.68 Å². The van der Waals surface area contributed by atoms with Crippen LogP contribution in [0.15, 0.2) is 11.9 Å². The van der Waals surface area contributed by atoms with Crippen molar-refractivity contribution in [1.29, 1.82) is 0 Å². The zero-order valence-corrected chi connectivity index (χ0v) is 14.8. The maximum absolute atomic E-state index is 12.9. The van der Waals surface area contributed by atoms with Gasteiger partial charge in [-0.25, -0.2) is 0 Å². The van der Waals surface area contributed by atoms with Crippen molar-refractivity contribution in [2.75, 3.05) is 5.32 Å². The molecule has 1 aromatic heterocycles. The van der Waals surface area contributed by atoms with Crippen LogP contribution in [-0.4, -0.2) is 31.9 Å². The highest BCUT2D eigenvalue weighted by molar-refractivity contribution is 6.18. The Balaban J connectivity index is 1.94. The van der Waals surface area contributed by atoms with Crippen LogP contribution in [0.1, 0.15) is 59.8 Å². The minimum atomic E-state index is -0.509. The lowest BCUT2D eigenvalue weighted by atomic mass is 9.60. The molecule has 128 valence electrons. The highest BCUT2D eigenvalue weighted by Crippen LogP contribution is 2.53. The summed E-state index contributed by atoms with van der Waals surface area (Å²) in [6.07, 6.45) is 4.59. The fourth-order valence-corrected chi connectivity index (χ4v) is 4.91. The molecule has 0 radical (unpaired) electrons. The van der Waals surface area contributed by atoms with Gasteiger partial charge < -0.3 is 5.32 Å². The van der Waals surface area contributed by atoms with E-state index in [9.17, 15) is 9.59 Å². The molecular formula is C18H24N4O2. The van der Waals surface area contributed by atoms with Gasteiger partial charge in [0, 0.05) is 19.3 Å². The first-order valence-corrected chi connectivity index (χ1v) is 8.58. The van der Waals surface area contributed by atoms with Crippen molar-refractivity contribution in [3.05, 3.63) is 11.9 Å². The Kier molecular flexibility index (Phi) is 2.95. The minimum absolute atomic E-state index is 0.102. The first-order chi connectivity index (χ1) is 11.1. The molecule has 1 saturated carbocycles. The van der Waals surface area contributed by atoms with Crippen molar-refractivity contribution in [3.8, 4) is 0 Å². The standard InChI is InChI=1S/C18H24N4O2/c1-16(2)7-12-14(13(24)8-16)22-15(19-10-20-22)21-18(12)6-11(23)5-17(3,4)9-18/h10H,5-9H2,1-4H3,(H,19,20,21)/t18-/m1/s1. The summed E-state index contributed by atoms with van der Waals surface area (Å²) in [5.74, 6) is 0.923. The minimum Gasteiger partial charge on any atom is -0.344 e. The molecular weight excluding hydrogens is 304 g/mol. The summed E-state index contributed by atoms with van der Waals surface area (Å²) in [5, 5.41) is 7.75. The number of carbonyl (C=O) groups is 2. The molecule has 6 nitrogen and oxygen atoms in total. The third kappa shape index (κ3) is 2.23. The SMILES string of the molecule is CC1(C)CC(=O)C2=C(C1)[C@]1(CC(=O)CC(C)(C)C1)Nc1ncnn12. The van der Waals surface area contributed by atoms with Crippen molar-refractivity contribution < 1.29 is 9.59 Å². The number of rotatable bonds is 0. The number of Topliss-reactive ketones (excluding diaryl/α,β-unsaturated/α-hetero) is 2. The fourth-order valence-electron chi connectivity index (χ4n) is 4.91. The van der Waals surface area contributed by atoms with E-state index >= 15 is 0 Å². The van der Waals surface area contributed by atoms with E-state index in [-0.39, 0.29) is 22.4 Å². The fraction of sp³-hybridized carbons (Fsp3) is 0.667. The van der Waals surface area contributed by atoms with Gasteiger partial charge in [-0.05, 0) is 29.2 Å². The van der Waals surface area contributed by atoms with Gasteiger partial charge in [0.25, 0.3) is 0 Å². The van der Waals surface area contributed by atoms with Crippen LogP contribution in [0.5, 0.6) is 0 Å². The molecule has 3 aliphatic rings. The highest BCUT2D eigenvalue weighted by Gasteiger charge is 2.53. The maximum atomic E-state index is 12.9. The molecule has 1 N–H and O–H groups in total. The summed E-state index contributed by atoms with van der Waals surface area (Å²) in [7, 11) is 0. The monoisotopic (exact) mass is 328 g/mol. The number of hydrogen-bond donors (Lipinski definition) is 1. The van der Waals surface area contributed by atoms with Crippen LogP contribution in [0, 0.1) is 10.8 Å². The Labute approximate surface area is 141 Å². The van der Waals surface area contributed by atoms with Crippen molar-refractivity contribution in [2.45, 2.75) is 65.3 Å². The number of ketones is 2. The summed E-state index contributed by atoms with van der Waals surface area (Å²) in [5.41, 5.74) is 0.972. The molecule has 2 aliphatic carbocycles. The van der Waals surface area contributed by atoms with E-state index in [1.807, 2.05) is 0 Å². The van der Waals surface area contributed by atoms with E-state index in [2.05, 4.69) is 43.1 Å². The van der Waals surface area contributed by atoms with Crippen LogP contribution in [0.4, 0.5) is 5.95 Å². The molecule has 4 rings (SSSR count). The number of carbonyl (C=O) groups excluding carboxylic acids is 2. The third-order valence-corrected chi connectivity index (χ3v) is 5.49. The maximum Gasteiger partial charge on any atom is 0.226 e. The van der Waals surface area contributed by atoms with E-state index in [1.165, 1.54) is 6.33 Å². The molecule has 1 aromatic rings. The van der Waals surface area contributed by atoms with Gasteiger partial charge in [0.2, 0.25) is 5.95 Å². The largest absolute Gasteiger partial charge is 0.344 e. The van der Waals surface area contributed by atoms with Gasteiger partial charge >= 0.3 is 0 Å². The summed E-state index contributed by atoms with van der Waals surface area (Å²) in [6.45, 7) is 8.50. The number of allylic oxidation sites excluding steroid dienone is 1. The van der Waals surface area contributed by atoms with E-state index in [0.717, 1.165) is 18.4 Å². The topological polar surface area (TPSA) is 76.9 Å². The second-order valence-corrected chi connectivity index (χ2v) is 9.20. The van der Waals surface area contributed by atoms with Crippen LogP contribution in [0.2, 0.25) is 0 Å². The Morgan fingerprint density at radius 1 is 1.04 bits per heavy atom. The van der Waals surface area contributed by atoms with E-state index < -0.39 is 5.54 Å². The second-order valence-electron chi connectivity index (χ2n) is 9.20. The molecule has 1 aliphatic heterocycles. The number of nitrogens with zero attached hydrogens (tertiary/aromatic N) is 3. The summed E-state index contributed by atoms with van der Waals surface area (Å²) in [4.78, 5) is 29.7. The number of aromatic nitrogens is 3. The van der Waals surface area contributed by atoms with Crippen molar-refractivity contribution >= 4 is 23.2 Å². The predicted octanol–water partition coefficient (Wildman–Crippen LogP) is 2.82. The summed E-state index contributed by atoms with van der Waals surface area (Å²) < 4.78 is 1.63. The van der Waals surface area contributed by atoms with Gasteiger partial charge in [-0.15, -0.1) is 0 Å². The summed E-state index contributed by atoms with van der Waals surface area (Å²) >= 11 is 0. The third-order valence-electron chi connectivity index (χ3n) is 5.49. The molecule has 1 fully saturated rings. The molecule has 1 atom stereocenters. The molecule has 0 bridgehead atoms. The van der Waals surface area contributed by atoms with Crippen LogP contribution in [-0.2, 0) is 9.59 Å². The first kappa shape index (κ1) is 15.5. The smallest absolute Gasteiger partial charge is 0.226 e. The van der Waals surface area contributed by atoms with Crippen LogP contribution < -0.4 is 5.32 Å². The zero-order valence-electron chi connectivity index (χ0n) is 14.8. The van der Waals surface area contributed by atoms with Crippen molar-refractivity contribution in [1.82, 2.24) is 14.8 Å². The molecule has 6 heteroatoms. The molecule has 0 aromatic carbocycles. The lowest BCUT2D eigenvalue weighted by Gasteiger charge is -2.51. The van der Waals surface area contributed by atoms with Crippen molar-refractivity contribution in [2.24, 2.45) is 10.8 Å². The van der Waals surface area contributed by atoms with Gasteiger partial charge in [-0.1, -0.05) is 27.7 Å². The molecule has 0 amide bonds. The van der Waals surface area contributed by atoms with Gasteiger partial charge in [0.05, 0.1) is 5.54 Å². The Morgan fingerprint density at radius 2 is 1.79 bits per heavy atom. The van der Waals surface area contributed by atoms with E-state index in [4.69, 9.17) is 0 Å². The van der Waals surface area contributed by atoms with Gasteiger partial charge in [-0.3, -0.25) is 9.59 Å². The van der Waals surface area contributed by atoms with Crippen LogP contribution >= 0.6 is 0 Å². The normalized spacial score (nSPS) is 30.8. The van der Waals surface area contributed by atoms with E-state index in [0.29, 0.717) is 30.9 Å². The Hall–Kier alpha value is -1.98. The highest BCUT2D eigenvalue weighted by atomic mass is 16.1. The molecule has 0 unspecified atom stereocenters. The lowest BCUT2D eigenvalue weighted by Crippen LogP contribution is -2.55. The van der Waals surface area contributed by atoms with Gasteiger partial charge in [0.15, 0.2) is 5.78 Å². The molecule has 1 spiro atoms. The van der Waals surface area contributed by atoms with Gasteiger partial charge in [0.1, 0.15) is 17.8 Å². The number of anilines is 1. The molecule has 0 saturated heterocycles. The first-order valence-electron chi connectivity index (χ1n) is 8.58. The van der Waals surface area contributed by atoms with Gasteiger partial charge in [-0.2, -0.15) is 14.8 Å².